The van der Waals surface area contributed by atoms with Crippen LogP contribution in [0, 0.1) is 5.82 Å². The number of anilines is 1. The number of pyridine rings is 1. The summed E-state index contributed by atoms with van der Waals surface area (Å²) in [6, 6.07) is 4.83. The van der Waals surface area contributed by atoms with Crippen LogP contribution in [0.15, 0.2) is 18.2 Å². The Labute approximate surface area is 104 Å². The molecule has 0 saturated carbocycles. The van der Waals surface area contributed by atoms with E-state index in [0.717, 1.165) is 23.8 Å². The molecule has 2 aromatic rings. The lowest BCUT2D eigenvalue weighted by Gasteiger charge is -2.09. The van der Waals surface area contributed by atoms with Gasteiger partial charge in [-0.15, -0.1) is 0 Å². The van der Waals surface area contributed by atoms with Crippen molar-refractivity contribution in [3.8, 4) is 0 Å². The molecule has 1 aromatic carbocycles. The van der Waals surface area contributed by atoms with Gasteiger partial charge in [-0.05, 0) is 24.1 Å². The number of rotatable bonds is 3. The second kappa shape index (κ2) is 4.85. The fourth-order valence-electron chi connectivity index (χ4n) is 1.80. The highest BCUT2D eigenvalue weighted by molar-refractivity contribution is 6.31. The Hall–Kier alpha value is -1.39. The third kappa shape index (κ3) is 2.33. The van der Waals surface area contributed by atoms with Crippen LogP contribution in [0.4, 0.5) is 10.2 Å². The molecule has 3 N–H and O–H groups in total. The van der Waals surface area contributed by atoms with Gasteiger partial charge in [0.2, 0.25) is 0 Å². The van der Waals surface area contributed by atoms with Gasteiger partial charge in [-0.25, -0.2) is 15.2 Å². The number of aryl methyl sites for hydroxylation is 1. The third-order valence-corrected chi connectivity index (χ3v) is 2.88. The minimum Gasteiger partial charge on any atom is -0.308 e. The van der Waals surface area contributed by atoms with Gasteiger partial charge in [0.05, 0.1) is 10.5 Å². The average Bonchev–Trinajstić information content (AvgIpc) is 2.31. The van der Waals surface area contributed by atoms with Gasteiger partial charge < -0.3 is 5.43 Å². The molecular formula is C12H13ClFN3. The number of nitrogens with two attached hydrogens (primary N) is 1. The van der Waals surface area contributed by atoms with Gasteiger partial charge in [0.1, 0.15) is 11.6 Å². The summed E-state index contributed by atoms with van der Waals surface area (Å²) in [5, 5.41) is 0.925. The van der Waals surface area contributed by atoms with Crippen molar-refractivity contribution in [1.29, 1.82) is 0 Å². The third-order valence-electron chi connectivity index (χ3n) is 2.59. The highest BCUT2D eigenvalue weighted by Crippen LogP contribution is 2.26. The molecule has 0 unspecified atom stereocenters. The molecule has 1 aromatic heterocycles. The number of hydrazine groups is 1. The Morgan fingerprint density at radius 1 is 1.41 bits per heavy atom. The Kier molecular flexibility index (Phi) is 3.45. The number of benzene rings is 1. The van der Waals surface area contributed by atoms with Gasteiger partial charge in [-0.1, -0.05) is 24.9 Å². The number of nitrogens with one attached hydrogen (secondary N) is 1. The summed E-state index contributed by atoms with van der Waals surface area (Å²) in [6.07, 6.45) is 1.84. The van der Waals surface area contributed by atoms with Gasteiger partial charge in [0.15, 0.2) is 0 Å². The van der Waals surface area contributed by atoms with Crippen molar-refractivity contribution < 1.29 is 4.39 Å². The number of nitrogen functional groups attached to an aromatic ring is 1. The number of fused-ring (bicyclic) bond motifs is 1. The summed E-state index contributed by atoms with van der Waals surface area (Å²) in [7, 11) is 0. The van der Waals surface area contributed by atoms with E-state index < -0.39 is 5.82 Å². The fraction of sp³-hybridized carbons (Fsp3) is 0.250. The van der Waals surface area contributed by atoms with E-state index in [1.54, 1.807) is 6.07 Å². The van der Waals surface area contributed by atoms with Crippen molar-refractivity contribution in [2.75, 3.05) is 5.43 Å². The first-order valence-corrected chi connectivity index (χ1v) is 5.78. The van der Waals surface area contributed by atoms with Gasteiger partial charge in [-0.3, -0.25) is 0 Å². The fourth-order valence-corrected chi connectivity index (χ4v) is 1.97. The van der Waals surface area contributed by atoms with Crippen LogP contribution in [0.1, 0.15) is 18.9 Å². The molecule has 0 atom stereocenters. The molecular weight excluding hydrogens is 241 g/mol. The lowest BCUT2D eigenvalue weighted by molar-refractivity contribution is 0.630. The van der Waals surface area contributed by atoms with Gasteiger partial charge >= 0.3 is 0 Å². The molecule has 2 rings (SSSR count). The summed E-state index contributed by atoms with van der Waals surface area (Å²) in [6.45, 7) is 2.07. The van der Waals surface area contributed by atoms with Crippen LogP contribution >= 0.6 is 11.6 Å². The SMILES string of the molecule is CCCc1cc2cc(Cl)c(F)cc2nc1NN. The van der Waals surface area contributed by atoms with Crippen molar-refractivity contribution in [1.82, 2.24) is 4.98 Å². The molecule has 17 heavy (non-hydrogen) atoms. The van der Waals surface area contributed by atoms with Crippen molar-refractivity contribution in [2.24, 2.45) is 5.84 Å². The first-order valence-electron chi connectivity index (χ1n) is 5.41. The maximum absolute atomic E-state index is 13.3. The van der Waals surface area contributed by atoms with Crippen molar-refractivity contribution in [2.45, 2.75) is 19.8 Å². The standard InChI is InChI=1S/C12H13ClFN3/c1-2-3-7-4-8-5-9(13)10(14)6-11(8)16-12(7)17-15/h4-6H,2-3,15H2,1H3,(H,16,17). The zero-order chi connectivity index (χ0) is 12.4. The minimum absolute atomic E-state index is 0.107. The van der Waals surface area contributed by atoms with Crippen LogP contribution in [0.2, 0.25) is 5.02 Å². The van der Waals surface area contributed by atoms with Gasteiger partial charge in [-0.2, -0.15) is 0 Å². The largest absolute Gasteiger partial charge is 0.308 e. The number of aromatic nitrogens is 1. The minimum atomic E-state index is -0.474. The van der Waals surface area contributed by atoms with E-state index in [9.17, 15) is 4.39 Å². The maximum Gasteiger partial charge on any atom is 0.143 e. The number of hydrogen-bond acceptors (Lipinski definition) is 3. The summed E-state index contributed by atoms with van der Waals surface area (Å²) >= 11 is 5.75. The number of nitrogens with zero attached hydrogens (tertiary/aromatic N) is 1. The first-order chi connectivity index (χ1) is 8.15. The smallest absolute Gasteiger partial charge is 0.143 e. The summed E-state index contributed by atoms with van der Waals surface area (Å²) in [4.78, 5) is 4.28. The van der Waals surface area contributed by atoms with E-state index >= 15 is 0 Å². The normalized spacial score (nSPS) is 10.8. The summed E-state index contributed by atoms with van der Waals surface area (Å²) in [5.41, 5.74) is 4.09. The van der Waals surface area contributed by atoms with E-state index in [0.29, 0.717) is 11.3 Å². The van der Waals surface area contributed by atoms with E-state index in [1.807, 2.05) is 6.07 Å². The second-order valence-corrected chi connectivity index (χ2v) is 4.26. The number of hydrogen-bond donors (Lipinski definition) is 2. The van der Waals surface area contributed by atoms with E-state index in [4.69, 9.17) is 17.4 Å². The molecule has 0 aliphatic rings. The second-order valence-electron chi connectivity index (χ2n) is 3.85. The molecule has 0 radical (unpaired) electrons. The summed E-state index contributed by atoms with van der Waals surface area (Å²) in [5.74, 6) is 5.52. The highest BCUT2D eigenvalue weighted by Gasteiger charge is 2.08. The van der Waals surface area contributed by atoms with E-state index in [2.05, 4.69) is 17.3 Å². The lowest BCUT2D eigenvalue weighted by atomic mass is 10.1. The molecule has 0 saturated heterocycles. The Morgan fingerprint density at radius 2 is 2.18 bits per heavy atom. The van der Waals surface area contributed by atoms with Gasteiger partial charge in [0.25, 0.3) is 0 Å². The van der Waals surface area contributed by atoms with Gasteiger partial charge in [0, 0.05) is 11.5 Å². The number of halogens is 2. The molecule has 1 heterocycles. The quantitative estimate of drug-likeness (QED) is 0.652. The summed E-state index contributed by atoms with van der Waals surface area (Å²) < 4.78 is 13.3. The van der Waals surface area contributed by atoms with Crippen LogP contribution in [-0.2, 0) is 6.42 Å². The van der Waals surface area contributed by atoms with Crippen molar-refractivity contribution in [3.63, 3.8) is 0 Å². The molecule has 3 nitrogen and oxygen atoms in total. The molecule has 90 valence electrons. The average molecular weight is 254 g/mol. The zero-order valence-corrected chi connectivity index (χ0v) is 10.2. The molecule has 0 bridgehead atoms. The van der Waals surface area contributed by atoms with E-state index in [1.165, 1.54) is 6.07 Å². The lowest BCUT2D eigenvalue weighted by Crippen LogP contribution is -2.11. The molecule has 0 spiro atoms. The topological polar surface area (TPSA) is 50.9 Å². The van der Waals surface area contributed by atoms with Crippen molar-refractivity contribution in [3.05, 3.63) is 34.6 Å². The van der Waals surface area contributed by atoms with Crippen LogP contribution < -0.4 is 11.3 Å². The Balaban J connectivity index is 2.65. The molecule has 0 aliphatic heterocycles. The monoisotopic (exact) mass is 253 g/mol. The van der Waals surface area contributed by atoms with Crippen LogP contribution in [0.3, 0.4) is 0 Å². The van der Waals surface area contributed by atoms with E-state index in [-0.39, 0.29) is 5.02 Å². The van der Waals surface area contributed by atoms with Crippen LogP contribution in [0.5, 0.6) is 0 Å². The zero-order valence-electron chi connectivity index (χ0n) is 9.43. The highest BCUT2D eigenvalue weighted by atomic mass is 35.5. The molecule has 0 fully saturated rings. The van der Waals surface area contributed by atoms with Crippen molar-refractivity contribution >= 4 is 28.3 Å². The Bertz CT molecular complexity index is 557. The van der Waals surface area contributed by atoms with Crippen LogP contribution in [0.25, 0.3) is 10.9 Å². The maximum atomic E-state index is 13.3. The Morgan fingerprint density at radius 3 is 2.82 bits per heavy atom. The molecule has 5 heteroatoms. The predicted octanol–water partition coefficient (Wildman–Crippen LogP) is 3.27. The predicted molar refractivity (Wildman–Crippen MR) is 68.5 cm³/mol. The molecule has 0 amide bonds. The van der Waals surface area contributed by atoms with Crippen LogP contribution in [-0.4, -0.2) is 4.98 Å². The first kappa shape index (κ1) is 12.1. The molecule has 0 aliphatic carbocycles.